The highest BCUT2D eigenvalue weighted by molar-refractivity contribution is 7.92. The Morgan fingerprint density at radius 2 is 1.73 bits per heavy atom. The molecule has 8 heteroatoms. The molecule has 0 fully saturated rings. The molecule has 0 bridgehead atoms. The van der Waals surface area contributed by atoms with Crippen molar-refractivity contribution in [2.24, 2.45) is 0 Å². The predicted molar refractivity (Wildman–Crippen MR) is 127 cm³/mol. The number of benzene rings is 3. The Kier molecular flexibility index (Phi) is 7.50. The molecule has 0 radical (unpaired) electrons. The van der Waals surface area contributed by atoms with Crippen LogP contribution in [-0.2, 0) is 21.4 Å². The summed E-state index contributed by atoms with van der Waals surface area (Å²) in [5.74, 6) is -0.120. The molecule has 0 atom stereocenters. The van der Waals surface area contributed by atoms with Gasteiger partial charge in [0.2, 0.25) is 5.91 Å². The second-order valence-corrected chi connectivity index (χ2v) is 9.45. The summed E-state index contributed by atoms with van der Waals surface area (Å²) in [4.78, 5) is 23.9. The number of anilines is 1. The third-order valence-electron chi connectivity index (χ3n) is 5.14. The fourth-order valence-corrected chi connectivity index (χ4v) is 4.82. The smallest absolute Gasteiger partial charge is 0.264 e. The minimum absolute atomic E-state index is 0.0724. The molecule has 0 heterocycles. The Hall–Kier alpha value is -3.65. The van der Waals surface area contributed by atoms with Crippen LogP contribution >= 0.6 is 0 Å². The highest BCUT2D eigenvalue weighted by Crippen LogP contribution is 2.34. The standard InChI is InChI=1S/C25H26N2O5S/c1-18-10-12-22(13-11-18)33(30,31)27(23-9-4-6-19(2)25(23)32-3)16-24(29)26-15-20-7-5-8-21(14-20)17-28/h4-14,17H,15-16H2,1-3H3,(H,26,29). The summed E-state index contributed by atoms with van der Waals surface area (Å²) in [5.41, 5.74) is 3.16. The van der Waals surface area contributed by atoms with E-state index in [2.05, 4.69) is 5.32 Å². The van der Waals surface area contributed by atoms with E-state index in [0.717, 1.165) is 27.3 Å². The van der Waals surface area contributed by atoms with Crippen molar-refractivity contribution in [1.82, 2.24) is 5.32 Å². The molecule has 0 aliphatic heterocycles. The van der Waals surface area contributed by atoms with Crippen molar-refractivity contribution in [1.29, 1.82) is 0 Å². The van der Waals surface area contributed by atoms with Crippen molar-refractivity contribution >= 4 is 27.9 Å². The number of aryl methyl sites for hydroxylation is 2. The Balaban J connectivity index is 1.93. The molecule has 1 N–H and O–H groups in total. The van der Waals surface area contributed by atoms with E-state index in [-0.39, 0.29) is 17.1 Å². The molecule has 33 heavy (non-hydrogen) atoms. The zero-order chi connectivity index (χ0) is 24.0. The molecule has 0 aliphatic rings. The number of sulfonamides is 1. The number of nitrogens with one attached hydrogen (secondary N) is 1. The van der Waals surface area contributed by atoms with E-state index >= 15 is 0 Å². The number of aldehydes is 1. The highest BCUT2D eigenvalue weighted by atomic mass is 32.2. The minimum Gasteiger partial charge on any atom is -0.494 e. The van der Waals surface area contributed by atoms with Crippen molar-refractivity contribution in [3.8, 4) is 5.75 Å². The van der Waals surface area contributed by atoms with Crippen LogP contribution in [0.15, 0.2) is 71.6 Å². The lowest BCUT2D eigenvalue weighted by Gasteiger charge is -2.26. The van der Waals surface area contributed by atoms with E-state index in [1.54, 1.807) is 61.5 Å². The maximum Gasteiger partial charge on any atom is 0.264 e. The SMILES string of the molecule is COc1c(C)cccc1N(CC(=O)NCc1cccc(C=O)c1)S(=O)(=O)c1ccc(C)cc1. The van der Waals surface area contributed by atoms with Crippen LogP contribution in [0.4, 0.5) is 5.69 Å². The van der Waals surface area contributed by atoms with Crippen LogP contribution in [0.1, 0.15) is 27.0 Å². The summed E-state index contributed by atoms with van der Waals surface area (Å²) >= 11 is 0. The third kappa shape index (κ3) is 5.59. The summed E-state index contributed by atoms with van der Waals surface area (Å²) in [6.45, 7) is 3.39. The van der Waals surface area contributed by atoms with Crippen LogP contribution < -0.4 is 14.4 Å². The lowest BCUT2D eigenvalue weighted by Crippen LogP contribution is -2.41. The van der Waals surface area contributed by atoms with E-state index in [1.807, 2.05) is 6.92 Å². The maximum absolute atomic E-state index is 13.6. The molecular weight excluding hydrogens is 440 g/mol. The van der Waals surface area contributed by atoms with Gasteiger partial charge in [-0.3, -0.25) is 13.9 Å². The number of nitrogens with zero attached hydrogens (tertiary/aromatic N) is 1. The van der Waals surface area contributed by atoms with Crippen LogP contribution in [0.5, 0.6) is 5.75 Å². The average molecular weight is 467 g/mol. The molecule has 0 saturated carbocycles. The van der Waals surface area contributed by atoms with Crippen molar-refractivity contribution in [2.75, 3.05) is 18.0 Å². The van der Waals surface area contributed by atoms with Gasteiger partial charge < -0.3 is 10.1 Å². The summed E-state index contributed by atoms with van der Waals surface area (Å²) in [5, 5.41) is 2.73. The first kappa shape index (κ1) is 24.0. The Bertz CT molecular complexity index is 1250. The topological polar surface area (TPSA) is 92.8 Å². The van der Waals surface area contributed by atoms with Crippen LogP contribution in [0.25, 0.3) is 0 Å². The monoisotopic (exact) mass is 466 g/mol. The molecular formula is C25H26N2O5S. The van der Waals surface area contributed by atoms with Gasteiger partial charge in [-0.05, 0) is 49.2 Å². The number of methoxy groups -OCH3 is 1. The number of ether oxygens (including phenoxy) is 1. The van der Waals surface area contributed by atoms with Gasteiger partial charge in [0.15, 0.2) is 0 Å². The average Bonchev–Trinajstić information content (AvgIpc) is 2.81. The van der Waals surface area contributed by atoms with Gasteiger partial charge in [0.25, 0.3) is 10.0 Å². The predicted octanol–water partition coefficient (Wildman–Crippen LogP) is 3.64. The zero-order valence-electron chi connectivity index (χ0n) is 18.7. The molecule has 7 nitrogen and oxygen atoms in total. The molecule has 3 rings (SSSR count). The molecule has 3 aromatic rings. The van der Waals surface area contributed by atoms with Crippen molar-refractivity contribution in [3.63, 3.8) is 0 Å². The Morgan fingerprint density at radius 3 is 2.39 bits per heavy atom. The molecule has 0 aromatic heterocycles. The molecule has 0 saturated heterocycles. The van der Waals surface area contributed by atoms with Gasteiger partial charge >= 0.3 is 0 Å². The van der Waals surface area contributed by atoms with E-state index < -0.39 is 22.5 Å². The Morgan fingerprint density at radius 1 is 1.03 bits per heavy atom. The summed E-state index contributed by atoms with van der Waals surface area (Å²) in [7, 11) is -2.60. The van der Waals surface area contributed by atoms with Crippen molar-refractivity contribution < 1.29 is 22.7 Å². The minimum atomic E-state index is -4.06. The Labute approximate surface area is 194 Å². The first-order chi connectivity index (χ1) is 15.8. The van der Waals surface area contributed by atoms with Crippen molar-refractivity contribution in [2.45, 2.75) is 25.3 Å². The van der Waals surface area contributed by atoms with E-state index in [1.165, 1.54) is 19.2 Å². The summed E-state index contributed by atoms with van der Waals surface area (Å²) in [6.07, 6.45) is 0.727. The number of hydrogen-bond donors (Lipinski definition) is 1. The van der Waals surface area contributed by atoms with Crippen LogP contribution in [0, 0.1) is 13.8 Å². The van der Waals surface area contributed by atoms with Gasteiger partial charge in [0, 0.05) is 12.1 Å². The second kappa shape index (κ2) is 10.3. The second-order valence-electron chi connectivity index (χ2n) is 7.59. The molecule has 3 aromatic carbocycles. The number of para-hydroxylation sites is 1. The van der Waals surface area contributed by atoms with Gasteiger partial charge in [-0.1, -0.05) is 48.0 Å². The number of carbonyl (C=O) groups excluding carboxylic acids is 2. The normalized spacial score (nSPS) is 11.0. The lowest BCUT2D eigenvalue weighted by atomic mass is 10.1. The van der Waals surface area contributed by atoms with Gasteiger partial charge in [-0.2, -0.15) is 0 Å². The van der Waals surface area contributed by atoms with Gasteiger partial charge in [-0.25, -0.2) is 8.42 Å². The fourth-order valence-electron chi connectivity index (χ4n) is 3.40. The van der Waals surface area contributed by atoms with Gasteiger partial charge in [-0.15, -0.1) is 0 Å². The lowest BCUT2D eigenvalue weighted by molar-refractivity contribution is -0.119. The zero-order valence-corrected chi connectivity index (χ0v) is 19.6. The van der Waals surface area contributed by atoms with Crippen LogP contribution in [0.3, 0.4) is 0 Å². The van der Waals surface area contributed by atoms with Crippen LogP contribution in [0.2, 0.25) is 0 Å². The molecule has 172 valence electrons. The van der Waals surface area contributed by atoms with Gasteiger partial charge in [0.05, 0.1) is 17.7 Å². The fraction of sp³-hybridized carbons (Fsp3) is 0.200. The summed E-state index contributed by atoms with van der Waals surface area (Å²) < 4.78 is 33.7. The quantitative estimate of drug-likeness (QED) is 0.486. The first-order valence-corrected chi connectivity index (χ1v) is 11.7. The maximum atomic E-state index is 13.6. The van der Waals surface area contributed by atoms with E-state index in [9.17, 15) is 18.0 Å². The molecule has 0 unspecified atom stereocenters. The van der Waals surface area contributed by atoms with E-state index in [4.69, 9.17) is 4.74 Å². The molecule has 0 spiro atoms. The van der Waals surface area contributed by atoms with E-state index in [0.29, 0.717) is 11.3 Å². The molecule has 0 aliphatic carbocycles. The highest BCUT2D eigenvalue weighted by Gasteiger charge is 2.29. The first-order valence-electron chi connectivity index (χ1n) is 10.3. The molecule has 1 amide bonds. The number of hydrogen-bond acceptors (Lipinski definition) is 5. The third-order valence-corrected chi connectivity index (χ3v) is 6.91. The largest absolute Gasteiger partial charge is 0.494 e. The van der Waals surface area contributed by atoms with Crippen LogP contribution in [-0.4, -0.2) is 34.3 Å². The van der Waals surface area contributed by atoms with Crippen molar-refractivity contribution in [3.05, 3.63) is 89.0 Å². The number of rotatable bonds is 9. The number of carbonyl (C=O) groups is 2. The summed E-state index contributed by atoms with van der Waals surface area (Å²) in [6, 6.07) is 18.4. The number of amides is 1. The van der Waals surface area contributed by atoms with Gasteiger partial charge in [0.1, 0.15) is 18.6 Å².